The van der Waals surface area contributed by atoms with E-state index >= 15 is 0 Å². The minimum absolute atomic E-state index is 0.412. The fourth-order valence-electron chi connectivity index (χ4n) is 4.53. The van der Waals surface area contributed by atoms with Gasteiger partial charge in [-0.1, -0.05) is 43.3 Å². The number of rotatable bonds is 8. The van der Waals surface area contributed by atoms with Crippen molar-refractivity contribution in [2.45, 2.75) is 56.5 Å². The van der Waals surface area contributed by atoms with Gasteiger partial charge in [0.05, 0.1) is 11.4 Å². The normalized spacial score (nSPS) is 14.2. The van der Waals surface area contributed by atoms with E-state index in [1.54, 1.807) is 9.13 Å². The van der Waals surface area contributed by atoms with Crippen molar-refractivity contribution in [1.29, 1.82) is 0 Å². The van der Waals surface area contributed by atoms with Crippen molar-refractivity contribution in [3.05, 3.63) is 57.0 Å². The molecule has 1 fully saturated rings. The first-order valence-electron chi connectivity index (χ1n) is 12.2. The molecule has 5 rings (SSSR count). The zero-order valence-electron chi connectivity index (χ0n) is 20.1. The van der Waals surface area contributed by atoms with E-state index in [2.05, 4.69) is 43.7 Å². The van der Waals surface area contributed by atoms with Crippen LogP contribution in [0.3, 0.4) is 0 Å². The number of aryl methyl sites for hydroxylation is 2. The minimum Gasteiger partial charge on any atom is -0.341 e. The summed E-state index contributed by atoms with van der Waals surface area (Å²) in [6.07, 6.45) is 5.32. The number of aromatic amines is 1. The van der Waals surface area contributed by atoms with Gasteiger partial charge in [0.25, 0.3) is 5.56 Å². The van der Waals surface area contributed by atoms with Gasteiger partial charge in [-0.3, -0.25) is 18.9 Å². The fourth-order valence-corrected chi connectivity index (χ4v) is 5.46. The van der Waals surface area contributed by atoms with Crippen LogP contribution in [0.1, 0.15) is 44.9 Å². The average molecular weight is 495 g/mol. The highest BCUT2D eigenvalue weighted by Gasteiger charge is 2.23. The Hall–Kier alpha value is -3.34. The molecule has 0 unspecified atom stereocenters. The lowest BCUT2D eigenvalue weighted by Gasteiger charge is -2.27. The molecule has 35 heavy (non-hydrogen) atoms. The number of anilines is 1. The Bertz CT molecular complexity index is 1430. The Labute approximate surface area is 207 Å². The Kier molecular flexibility index (Phi) is 6.76. The number of piperidine rings is 1. The summed E-state index contributed by atoms with van der Waals surface area (Å²) in [5, 5.41) is 9.85. The Balaban J connectivity index is 1.50. The Morgan fingerprint density at radius 1 is 1.06 bits per heavy atom. The standard InChI is InChI=1S/C24H30N8O2S/c1-3-4-15-31-20-19(21(33)26-23(31)34)29(2)18(25-20)16-35-24-28-27-22(30-13-9-6-10-14-30)32(24)17-11-7-5-8-12-17/h5,7-8,11-12H,3-4,6,9-10,13-16H2,1-2H3,(H,26,33,34). The SMILES string of the molecule is CCCCn1c(=O)[nH]c(=O)c2c1nc(CSc1nnc(N3CCCCC3)n1-c1ccccc1)n2C. The Morgan fingerprint density at radius 2 is 1.83 bits per heavy atom. The number of unbranched alkanes of at least 4 members (excludes halogenated alkanes) is 1. The summed E-state index contributed by atoms with van der Waals surface area (Å²) in [7, 11) is 1.82. The second-order valence-corrected chi connectivity index (χ2v) is 9.76. The molecule has 0 bridgehead atoms. The van der Waals surface area contributed by atoms with E-state index in [1.807, 2.05) is 25.2 Å². The van der Waals surface area contributed by atoms with Crippen molar-refractivity contribution in [2.24, 2.45) is 7.05 Å². The lowest BCUT2D eigenvalue weighted by atomic mass is 10.1. The number of imidazole rings is 1. The van der Waals surface area contributed by atoms with E-state index in [1.165, 1.54) is 18.2 Å². The third-order valence-electron chi connectivity index (χ3n) is 6.44. The molecule has 0 radical (unpaired) electrons. The quantitative estimate of drug-likeness (QED) is 0.375. The van der Waals surface area contributed by atoms with Gasteiger partial charge in [-0.2, -0.15) is 0 Å². The monoisotopic (exact) mass is 494 g/mol. The molecule has 1 aromatic carbocycles. The molecule has 10 nitrogen and oxygen atoms in total. The second-order valence-electron chi connectivity index (χ2n) is 8.81. The molecule has 0 atom stereocenters. The van der Waals surface area contributed by atoms with E-state index in [0.29, 0.717) is 29.3 Å². The zero-order valence-corrected chi connectivity index (χ0v) is 20.9. The van der Waals surface area contributed by atoms with Gasteiger partial charge in [0.1, 0.15) is 5.82 Å². The molecule has 1 aliphatic heterocycles. The molecule has 0 spiro atoms. The number of nitrogens with zero attached hydrogens (tertiary/aromatic N) is 7. The largest absolute Gasteiger partial charge is 0.341 e. The molecule has 4 heterocycles. The number of H-pyrrole nitrogens is 1. The van der Waals surface area contributed by atoms with Crippen LogP contribution in [-0.4, -0.2) is 47.0 Å². The molecular weight excluding hydrogens is 464 g/mol. The molecule has 0 amide bonds. The predicted molar refractivity (Wildman–Crippen MR) is 137 cm³/mol. The van der Waals surface area contributed by atoms with Gasteiger partial charge in [-0.15, -0.1) is 10.2 Å². The van der Waals surface area contributed by atoms with Crippen molar-refractivity contribution in [2.75, 3.05) is 18.0 Å². The molecule has 1 aliphatic rings. The number of hydrogen-bond donors (Lipinski definition) is 1. The molecule has 1 N–H and O–H groups in total. The number of nitrogens with one attached hydrogen (secondary N) is 1. The van der Waals surface area contributed by atoms with Crippen molar-refractivity contribution < 1.29 is 0 Å². The maximum absolute atomic E-state index is 12.6. The zero-order chi connectivity index (χ0) is 24.4. The maximum atomic E-state index is 12.6. The lowest BCUT2D eigenvalue weighted by molar-refractivity contribution is 0.564. The molecule has 4 aromatic rings. The fraction of sp³-hybridized carbons (Fsp3) is 0.458. The summed E-state index contributed by atoms with van der Waals surface area (Å²) >= 11 is 1.52. The first-order chi connectivity index (χ1) is 17.1. The second kappa shape index (κ2) is 10.1. The minimum atomic E-state index is -0.414. The molecule has 184 valence electrons. The number of para-hydroxylation sites is 1. The molecule has 0 saturated carbocycles. The van der Waals surface area contributed by atoms with Crippen LogP contribution in [0.25, 0.3) is 16.9 Å². The van der Waals surface area contributed by atoms with Crippen LogP contribution in [0.2, 0.25) is 0 Å². The van der Waals surface area contributed by atoms with Crippen LogP contribution in [0.15, 0.2) is 45.1 Å². The number of aromatic nitrogens is 7. The predicted octanol–water partition coefficient (Wildman–Crippen LogP) is 3.09. The summed E-state index contributed by atoms with van der Waals surface area (Å²) in [4.78, 5) is 34.5. The summed E-state index contributed by atoms with van der Waals surface area (Å²) in [5.74, 6) is 2.04. The number of fused-ring (bicyclic) bond motifs is 1. The summed E-state index contributed by atoms with van der Waals surface area (Å²) in [6.45, 7) is 4.53. The number of hydrogen-bond acceptors (Lipinski definition) is 7. The van der Waals surface area contributed by atoms with E-state index in [0.717, 1.165) is 55.6 Å². The van der Waals surface area contributed by atoms with Gasteiger partial charge in [0.2, 0.25) is 5.95 Å². The molecule has 11 heteroatoms. The van der Waals surface area contributed by atoms with Gasteiger partial charge in [-0.25, -0.2) is 9.78 Å². The highest BCUT2D eigenvalue weighted by molar-refractivity contribution is 7.98. The van der Waals surface area contributed by atoms with Gasteiger partial charge in [0.15, 0.2) is 16.3 Å². The van der Waals surface area contributed by atoms with Crippen molar-refractivity contribution >= 4 is 28.9 Å². The van der Waals surface area contributed by atoms with Crippen molar-refractivity contribution in [1.82, 2.24) is 33.9 Å². The number of thioether (sulfide) groups is 1. The molecular formula is C24H30N8O2S. The first kappa shape index (κ1) is 23.4. The van der Waals surface area contributed by atoms with E-state index in [-0.39, 0.29) is 0 Å². The third kappa shape index (κ3) is 4.52. The summed E-state index contributed by atoms with van der Waals surface area (Å²) in [5.41, 5.74) is 1.03. The van der Waals surface area contributed by atoms with Crippen LogP contribution in [0.4, 0.5) is 5.95 Å². The van der Waals surface area contributed by atoms with Crippen LogP contribution < -0.4 is 16.1 Å². The van der Waals surface area contributed by atoms with E-state index in [9.17, 15) is 9.59 Å². The van der Waals surface area contributed by atoms with E-state index in [4.69, 9.17) is 4.98 Å². The van der Waals surface area contributed by atoms with Gasteiger partial charge >= 0.3 is 5.69 Å². The average Bonchev–Trinajstić information content (AvgIpc) is 3.45. The highest BCUT2D eigenvalue weighted by atomic mass is 32.2. The third-order valence-corrected chi connectivity index (χ3v) is 7.37. The lowest BCUT2D eigenvalue weighted by Crippen LogP contribution is -2.31. The van der Waals surface area contributed by atoms with Gasteiger partial charge in [-0.05, 0) is 37.8 Å². The maximum Gasteiger partial charge on any atom is 0.330 e. The van der Waals surface area contributed by atoms with Crippen LogP contribution in [-0.2, 0) is 19.3 Å². The van der Waals surface area contributed by atoms with Crippen molar-refractivity contribution in [3.8, 4) is 5.69 Å². The number of benzene rings is 1. The van der Waals surface area contributed by atoms with Crippen molar-refractivity contribution in [3.63, 3.8) is 0 Å². The van der Waals surface area contributed by atoms with Gasteiger partial charge < -0.3 is 9.47 Å². The van der Waals surface area contributed by atoms with Crippen LogP contribution >= 0.6 is 11.8 Å². The van der Waals surface area contributed by atoms with Crippen LogP contribution in [0.5, 0.6) is 0 Å². The Morgan fingerprint density at radius 3 is 2.57 bits per heavy atom. The molecule has 3 aromatic heterocycles. The van der Waals surface area contributed by atoms with Gasteiger partial charge in [0, 0.05) is 26.7 Å². The molecule has 0 aliphatic carbocycles. The summed E-state index contributed by atoms with van der Waals surface area (Å²) < 4.78 is 5.44. The molecule has 1 saturated heterocycles. The summed E-state index contributed by atoms with van der Waals surface area (Å²) in [6, 6.07) is 10.1. The highest BCUT2D eigenvalue weighted by Crippen LogP contribution is 2.30. The topological polar surface area (TPSA) is 107 Å². The first-order valence-corrected chi connectivity index (χ1v) is 13.1. The van der Waals surface area contributed by atoms with E-state index < -0.39 is 11.2 Å². The smallest absolute Gasteiger partial charge is 0.330 e. The van der Waals surface area contributed by atoms with Crippen LogP contribution in [0, 0.1) is 0 Å².